The Morgan fingerprint density at radius 3 is 2.00 bits per heavy atom. The smallest absolute Gasteiger partial charge is 0.394 e. The first-order valence-corrected chi connectivity index (χ1v) is 19.1. The number of halogens is 8. The van der Waals surface area contributed by atoms with Gasteiger partial charge in [0.1, 0.15) is 11.4 Å². The summed E-state index contributed by atoms with van der Waals surface area (Å²) in [7, 11) is 0. The summed E-state index contributed by atoms with van der Waals surface area (Å²) in [6.45, 7) is 5.87. The summed E-state index contributed by atoms with van der Waals surface area (Å²) in [6, 6.07) is 8.79. The molecule has 0 saturated carbocycles. The van der Waals surface area contributed by atoms with Crippen molar-refractivity contribution in [2.45, 2.75) is 70.6 Å². The first-order chi connectivity index (χ1) is 28.4. The Morgan fingerprint density at radius 1 is 0.817 bits per heavy atom. The van der Waals surface area contributed by atoms with Crippen molar-refractivity contribution in [3.05, 3.63) is 116 Å². The van der Waals surface area contributed by atoms with Gasteiger partial charge in [-0.3, -0.25) is 19.4 Å². The molecule has 0 bridgehead atoms. The molecule has 2 N–H and O–H groups in total. The Morgan fingerprint density at radius 2 is 1.42 bits per heavy atom. The SMILES string of the molecule is C[C@H]1Cc2c(nnn2-c2ccn[nH]2)[C@H](C)N1C(=O)c1cccc(C(F)(F)F)c1Cl.C[C@H]1c2nnn(-c3ccn(CCO)n3)c2CCN1C(=O)c1cccc(C(F)(F)F)c1Cl. The monoisotopic (exact) mass is 878 g/mol. The molecule has 0 fully saturated rings. The molecule has 2 aromatic carbocycles. The van der Waals surface area contributed by atoms with Crippen molar-refractivity contribution < 1.29 is 41.0 Å². The van der Waals surface area contributed by atoms with Gasteiger partial charge in [-0.15, -0.1) is 10.2 Å². The molecule has 8 rings (SSSR count). The Bertz CT molecular complexity index is 2530. The first kappa shape index (κ1) is 42.3. The van der Waals surface area contributed by atoms with E-state index in [0.29, 0.717) is 42.4 Å². The largest absolute Gasteiger partial charge is 0.417 e. The van der Waals surface area contributed by atoms with Gasteiger partial charge in [0.2, 0.25) is 0 Å². The van der Waals surface area contributed by atoms with Gasteiger partial charge in [0.05, 0.1) is 75.1 Å². The van der Waals surface area contributed by atoms with Crippen LogP contribution in [0.15, 0.2) is 60.9 Å². The second-order valence-corrected chi connectivity index (χ2v) is 14.7. The predicted molar refractivity (Wildman–Crippen MR) is 202 cm³/mol. The molecule has 15 nitrogen and oxygen atoms in total. The van der Waals surface area contributed by atoms with Gasteiger partial charge in [-0.05, 0) is 45.0 Å². The number of benzene rings is 2. The maximum absolute atomic E-state index is 13.2. The standard InChI is InChI=1S/C19H18ClF3N6O2.C18H16ClF3N6O/c1-11-17-14(29(26-24-17)15-6-7-27(25-15)9-10-30)5-8-28(11)18(31)12-3-2-4-13(16(12)20)19(21,22)23;1-9-8-13-16(25-26-28(13)14-6-7-23-24-14)10(2)27(9)17(29)11-4-3-5-12(15(11)19)18(20,21)22/h2-4,6-7,11,30H,5,8-10H2,1H3;3-7,9-10H,8H2,1-2H3,(H,23,24)/t11-;9-,10-/m00/s1. The van der Waals surface area contributed by atoms with E-state index < -0.39 is 57.4 Å². The van der Waals surface area contributed by atoms with E-state index >= 15 is 0 Å². The van der Waals surface area contributed by atoms with Gasteiger partial charge in [-0.2, -0.15) is 45.9 Å². The average molecular weight is 880 g/mol. The van der Waals surface area contributed by atoms with E-state index in [1.165, 1.54) is 34.1 Å². The lowest BCUT2D eigenvalue weighted by molar-refractivity contribution is -0.138. The third kappa shape index (κ3) is 7.83. The fraction of sp³-hybridized carbons (Fsp3) is 0.351. The highest BCUT2D eigenvalue weighted by Crippen LogP contribution is 2.40. The maximum atomic E-state index is 13.2. The number of rotatable bonds is 6. The lowest BCUT2D eigenvalue weighted by Gasteiger charge is -2.38. The van der Waals surface area contributed by atoms with Crippen molar-refractivity contribution in [3.8, 4) is 11.6 Å². The lowest BCUT2D eigenvalue weighted by atomic mass is 9.96. The van der Waals surface area contributed by atoms with E-state index in [4.69, 9.17) is 28.3 Å². The van der Waals surface area contributed by atoms with E-state index in [-0.39, 0.29) is 30.3 Å². The number of carbonyl (C=O) groups excluding carboxylic acids is 2. The van der Waals surface area contributed by atoms with Crippen LogP contribution in [0.4, 0.5) is 26.3 Å². The van der Waals surface area contributed by atoms with Gasteiger partial charge in [-0.25, -0.2) is 0 Å². The molecule has 316 valence electrons. The Kier molecular flexibility index (Phi) is 11.5. The second-order valence-electron chi connectivity index (χ2n) is 14.0. The number of amides is 2. The fourth-order valence-electron chi connectivity index (χ4n) is 7.37. The van der Waals surface area contributed by atoms with Gasteiger partial charge in [0.15, 0.2) is 11.6 Å². The average Bonchev–Trinajstić information content (AvgIpc) is 4.02. The molecule has 0 unspecified atom stereocenters. The second kappa shape index (κ2) is 16.3. The molecule has 60 heavy (non-hydrogen) atoms. The quantitative estimate of drug-likeness (QED) is 0.173. The number of fused-ring (bicyclic) bond motifs is 2. The van der Waals surface area contributed by atoms with Crippen molar-refractivity contribution in [2.75, 3.05) is 13.2 Å². The number of carbonyl (C=O) groups is 2. The van der Waals surface area contributed by atoms with Gasteiger partial charge >= 0.3 is 12.4 Å². The molecule has 0 spiro atoms. The zero-order chi connectivity index (χ0) is 43.3. The summed E-state index contributed by atoms with van der Waals surface area (Å²) in [5, 5.41) is 35.5. The van der Waals surface area contributed by atoms with Crippen molar-refractivity contribution >= 4 is 35.0 Å². The number of aromatic nitrogens is 10. The Labute approximate surface area is 346 Å². The molecule has 2 aliphatic rings. The van der Waals surface area contributed by atoms with Crippen molar-refractivity contribution in [3.63, 3.8) is 0 Å². The van der Waals surface area contributed by atoms with Crippen LogP contribution in [-0.4, -0.2) is 95.9 Å². The fourth-order valence-corrected chi connectivity index (χ4v) is 8.00. The third-order valence-electron chi connectivity index (χ3n) is 10.3. The minimum atomic E-state index is -4.66. The van der Waals surface area contributed by atoms with Crippen LogP contribution < -0.4 is 0 Å². The van der Waals surface area contributed by atoms with Crippen molar-refractivity contribution in [2.24, 2.45) is 0 Å². The number of hydrogen-bond acceptors (Lipinski definition) is 9. The van der Waals surface area contributed by atoms with Gasteiger partial charge in [0, 0.05) is 43.8 Å². The number of hydrogen-bond donors (Lipinski definition) is 2. The van der Waals surface area contributed by atoms with E-state index in [1.54, 1.807) is 52.4 Å². The van der Waals surface area contributed by atoms with Crippen LogP contribution in [-0.2, 0) is 31.7 Å². The number of nitrogens with one attached hydrogen (secondary N) is 1. The summed E-state index contributed by atoms with van der Waals surface area (Å²) in [4.78, 5) is 29.2. The predicted octanol–water partition coefficient (Wildman–Crippen LogP) is 6.70. The number of nitrogens with zero attached hydrogens (tertiary/aromatic N) is 11. The van der Waals surface area contributed by atoms with Crippen LogP contribution in [0.5, 0.6) is 0 Å². The van der Waals surface area contributed by atoms with Crippen LogP contribution >= 0.6 is 23.2 Å². The topological polar surface area (TPSA) is 169 Å². The molecule has 0 radical (unpaired) electrons. The zero-order valence-corrected chi connectivity index (χ0v) is 33.3. The molecule has 6 aromatic rings. The highest BCUT2D eigenvalue weighted by Gasteiger charge is 2.41. The summed E-state index contributed by atoms with van der Waals surface area (Å²) in [5.74, 6) is -0.0205. The minimum Gasteiger partial charge on any atom is -0.394 e. The molecule has 4 aromatic heterocycles. The minimum absolute atomic E-state index is 0.0528. The summed E-state index contributed by atoms with van der Waals surface area (Å²) >= 11 is 11.9. The highest BCUT2D eigenvalue weighted by molar-refractivity contribution is 6.35. The number of aromatic amines is 1. The Hall–Kier alpha value is -5.80. The number of aliphatic hydroxyl groups is 1. The summed E-state index contributed by atoms with van der Waals surface area (Å²) < 4.78 is 83.8. The van der Waals surface area contributed by atoms with E-state index in [0.717, 1.165) is 23.5 Å². The van der Waals surface area contributed by atoms with Crippen LogP contribution in [0.25, 0.3) is 11.6 Å². The molecule has 6 heterocycles. The van der Waals surface area contributed by atoms with Crippen LogP contribution in [0, 0.1) is 0 Å². The molecule has 0 saturated heterocycles. The highest BCUT2D eigenvalue weighted by atomic mass is 35.5. The molecular weight excluding hydrogens is 845 g/mol. The van der Waals surface area contributed by atoms with Gasteiger partial charge < -0.3 is 14.9 Å². The van der Waals surface area contributed by atoms with Crippen LogP contribution in [0.2, 0.25) is 10.0 Å². The summed E-state index contributed by atoms with van der Waals surface area (Å²) in [5.41, 5.74) is 0.220. The third-order valence-corrected chi connectivity index (χ3v) is 11.1. The number of aliphatic hydroxyl groups excluding tert-OH is 1. The van der Waals surface area contributed by atoms with E-state index in [2.05, 4.69) is 35.9 Å². The molecular formula is C37H34Cl2F6N12O3. The van der Waals surface area contributed by atoms with E-state index in [1.807, 2.05) is 6.92 Å². The first-order valence-electron chi connectivity index (χ1n) is 18.3. The molecule has 23 heteroatoms. The molecule has 2 aliphatic heterocycles. The summed E-state index contributed by atoms with van der Waals surface area (Å²) in [6.07, 6.45) is -5.19. The van der Waals surface area contributed by atoms with Gasteiger partial charge in [0.25, 0.3) is 11.8 Å². The van der Waals surface area contributed by atoms with Crippen molar-refractivity contribution in [1.29, 1.82) is 0 Å². The Balaban J connectivity index is 0.000000182. The molecule has 3 atom stereocenters. The molecule has 0 aliphatic carbocycles. The lowest BCUT2D eigenvalue weighted by Crippen LogP contribution is -2.45. The number of alkyl halides is 6. The van der Waals surface area contributed by atoms with E-state index in [9.17, 15) is 35.9 Å². The maximum Gasteiger partial charge on any atom is 0.417 e. The zero-order valence-electron chi connectivity index (χ0n) is 31.7. The van der Waals surface area contributed by atoms with Crippen LogP contribution in [0.3, 0.4) is 0 Å². The normalized spacial score (nSPS) is 17.8. The van der Waals surface area contributed by atoms with Gasteiger partial charge in [-0.1, -0.05) is 45.8 Å². The van der Waals surface area contributed by atoms with Crippen molar-refractivity contribution in [1.82, 2.24) is 59.8 Å². The molecule has 2 amide bonds. The van der Waals surface area contributed by atoms with Crippen LogP contribution in [0.1, 0.15) is 87.5 Å². The number of H-pyrrole nitrogens is 1.